The van der Waals surface area contributed by atoms with Crippen LogP contribution in [0, 0.1) is 6.92 Å². The highest BCUT2D eigenvalue weighted by molar-refractivity contribution is 6.31. The maximum atomic E-state index is 6.09. The molecule has 0 spiro atoms. The Morgan fingerprint density at radius 3 is 2.76 bits per heavy atom. The molecule has 0 atom stereocenters. The molecule has 2 rings (SSSR count). The second-order valence-electron chi connectivity index (χ2n) is 4.45. The number of pyridine rings is 1. The summed E-state index contributed by atoms with van der Waals surface area (Å²) < 4.78 is 10.7. The normalized spacial score (nSPS) is 10.3. The highest BCUT2D eigenvalue weighted by atomic mass is 35.5. The van der Waals surface area contributed by atoms with E-state index in [1.165, 1.54) is 0 Å². The predicted molar refractivity (Wildman–Crippen MR) is 85.8 cm³/mol. The molecule has 0 unspecified atom stereocenters. The van der Waals surface area contributed by atoms with Crippen molar-refractivity contribution < 1.29 is 9.47 Å². The number of nitrogens with one attached hydrogen (secondary N) is 1. The number of hydrogen-bond donors (Lipinski definition) is 2. The minimum absolute atomic E-state index is 0.409. The van der Waals surface area contributed by atoms with Crippen molar-refractivity contribution in [2.75, 3.05) is 24.8 Å². The number of methoxy groups -OCH3 is 1. The fourth-order valence-electron chi connectivity index (χ4n) is 1.84. The van der Waals surface area contributed by atoms with Crippen molar-refractivity contribution in [3.8, 4) is 11.6 Å². The second-order valence-corrected chi connectivity index (χ2v) is 4.86. The summed E-state index contributed by atoms with van der Waals surface area (Å²) in [4.78, 5) is 4.34. The van der Waals surface area contributed by atoms with Crippen LogP contribution in [0.2, 0.25) is 5.02 Å². The lowest BCUT2D eigenvalue weighted by molar-refractivity contribution is 0.329. The van der Waals surface area contributed by atoms with Gasteiger partial charge in [-0.2, -0.15) is 4.98 Å². The van der Waals surface area contributed by atoms with E-state index in [1.807, 2.05) is 19.9 Å². The van der Waals surface area contributed by atoms with Gasteiger partial charge in [0.05, 0.1) is 25.1 Å². The number of nitrogens with two attached hydrogens (primary N) is 1. The molecular formula is C15H18ClN3O2. The van der Waals surface area contributed by atoms with E-state index in [1.54, 1.807) is 25.3 Å². The van der Waals surface area contributed by atoms with Crippen LogP contribution in [0.1, 0.15) is 12.5 Å². The number of aromatic nitrogens is 1. The van der Waals surface area contributed by atoms with E-state index in [-0.39, 0.29) is 0 Å². The lowest BCUT2D eigenvalue weighted by Crippen LogP contribution is -2.03. The van der Waals surface area contributed by atoms with Crippen molar-refractivity contribution in [1.29, 1.82) is 0 Å². The molecule has 0 amide bonds. The molecule has 0 radical (unpaired) electrons. The average molecular weight is 308 g/mol. The number of halogens is 1. The highest BCUT2D eigenvalue weighted by Crippen LogP contribution is 2.33. The fourth-order valence-corrected chi connectivity index (χ4v) is 1.99. The van der Waals surface area contributed by atoms with E-state index in [0.29, 0.717) is 34.8 Å². The summed E-state index contributed by atoms with van der Waals surface area (Å²) in [6.07, 6.45) is 0. The average Bonchev–Trinajstić information content (AvgIpc) is 2.46. The third-order valence-electron chi connectivity index (χ3n) is 2.91. The molecule has 0 saturated carbocycles. The van der Waals surface area contributed by atoms with Crippen LogP contribution in [-0.4, -0.2) is 18.7 Å². The van der Waals surface area contributed by atoms with Gasteiger partial charge in [-0.05, 0) is 37.6 Å². The molecule has 0 saturated heterocycles. The first kappa shape index (κ1) is 15.3. The molecule has 0 aliphatic heterocycles. The molecule has 6 heteroatoms. The van der Waals surface area contributed by atoms with Gasteiger partial charge in [-0.15, -0.1) is 0 Å². The monoisotopic (exact) mass is 307 g/mol. The van der Waals surface area contributed by atoms with Crippen molar-refractivity contribution >= 4 is 28.8 Å². The Morgan fingerprint density at radius 2 is 2.10 bits per heavy atom. The lowest BCUT2D eigenvalue weighted by Gasteiger charge is -2.14. The van der Waals surface area contributed by atoms with Crippen molar-refractivity contribution in [3.05, 3.63) is 34.9 Å². The van der Waals surface area contributed by atoms with Gasteiger partial charge in [-0.3, -0.25) is 0 Å². The SMILES string of the molecule is CCOc1nc(Nc2cc(C)c(Cl)cc2OC)ccc1N. The maximum Gasteiger partial charge on any atom is 0.239 e. The molecular weight excluding hydrogens is 290 g/mol. The van der Waals surface area contributed by atoms with Crippen molar-refractivity contribution in [2.45, 2.75) is 13.8 Å². The van der Waals surface area contributed by atoms with Gasteiger partial charge in [0, 0.05) is 11.1 Å². The van der Waals surface area contributed by atoms with E-state index < -0.39 is 0 Å². The molecule has 5 nitrogen and oxygen atoms in total. The zero-order chi connectivity index (χ0) is 15.4. The Hall–Kier alpha value is -2.14. The molecule has 2 aromatic rings. The van der Waals surface area contributed by atoms with Gasteiger partial charge >= 0.3 is 0 Å². The minimum Gasteiger partial charge on any atom is -0.495 e. The van der Waals surface area contributed by atoms with E-state index in [4.69, 9.17) is 26.8 Å². The Morgan fingerprint density at radius 1 is 1.33 bits per heavy atom. The summed E-state index contributed by atoms with van der Waals surface area (Å²) >= 11 is 6.09. The van der Waals surface area contributed by atoms with Gasteiger partial charge in [-0.1, -0.05) is 11.6 Å². The predicted octanol–water partition coefficient (Wildman–Crippen LogP) is 3.78. The number of rotatable bonds is 5. The molecule has 21 heavy (non-hydrogen) atoms. The first-order chi connectivity index (χ1) is 10.0. The maximum absolute atomic E-state index is 6.09. The largest absolute Gasteiger partial charge is 0.495 e. The molecule has 0 bridgehead atoms. The molecule has 1 heterocycles. The third kappa shape index (κ3) is 3.49. The number of nitrogen functional groups attached to an aromatic ring is 1. The zero-order valence-corrected chi connectivity index (χ0v) is 13.0. The van der Waals surface area contributed by atoms with E-state index in [9.17, 15) is 0 Å². The smallest absolute Gasteiger partial charge is 0.239 e. The van der Waals surface area contributed by atoms with E-state index in [2.05, 4.69) is 10.3 Å². The summed E-state index contributed by atoms with van der Waals surface area (Å²) in [7, 11) is 1.59. The van der Waals surface area contributed by atoms with Gasteiger partial charge in [-0.25, -0.2) is 0 Å². The number of ether oxygens (including phenoxy) is 2. The molecule has 1 aromatic carbocycles. The van der Waals surface area contributed by atoms with Gasteiger partial charge < -0.3 is 20.5 Å². The first-order valence-electron chi connectivity index (χ1n) is 6.55. The van der Waals surface area contributed by atoms with Crippen LogP contribution in [0.4, 0.5) is 17.2 Å². The summed E-state index contributed by atoms with van der Waals surface area (Å²) in [5.41, 5.74) is 8.03. The second kappa shape index (κ2) is 6.54. The lowest BCUT2D eigenvalue weighted by atomic mass is 10.2. The summed E-state index contributed by atoms with van der Waals surface area (Å²) in [6, 6.07) is 7.19. The van der Waals surface area contributed by atoms with Gasteiger partial charge in [0.15, 0.2) is 0 Å². The number of aryl methyl sites for hydroxylation is 1. The van der Waals surface area contributed by atoms with Crippen LogP contribution >= 0.6 is 11.6 Å². The molecule has 0 aliphatic carbocycles. The Labute approximate surface area is 129 Å². The van der Waals surface area contributed by atoms with Crippen molar-refractivity contribution in [2.24, 2.45) is 0 Å². The van der Waals surface area contributed by atoms with Crippen LogP contribution < -0.4 is 20.5 Å². The number of anilines is 3. The standard InChI is InChI=1S/C15H18ClN3O2/c1-4-21-15-11(17)5-6-14(19-15)18-12-7-9(2)10(16)8-13(12)20-3/h5-8H,4,17H2,1-3H3,(H,18,19). The molecule has 0 aliphatic rings. The molecule has 3 N–H and O–H groups in total. The van der Waals surface area contributed by atoms with Crippen molar-refractivity contribution in [1.82, 2.24) is 4.98 Å². The van der Waals surface area contributed by atoms with Gasteiger partial charge in [0.2, 0.25) is 5.88 Å². The highest BCUT2D eigenvalue weighted by Gasteiger charge is 2.09. The number of benzene rings is 1. The van der Waals surface area contributed by atoms with Crippen LogP contribution in [0.25, 0.3) is 0 Å². The van der Waals surface area contributed by atoms with Crippen LogP contribution in [-0.2, 0) is 0 Å². The van der Waals surface area contributed by atoms with Crippen LogP contribution in [0.15, 0.2) is 24.3 Å². The quantitative estimate of drug-likeness (QED) is 0.880. The van der Waals surface area contributed by atoms with Gasteiger partial charge in [0.1, 0.15) is 11.6 Å². The fraction of sp³-hybridized carbons (Fsp3) is 0.267. The Balaban J connectivity index is 2.33. The number of hydrogen-bond acceptors (Lipinski definition) is 5. The molecule has 1 aromatic heterocycles. The van der Waals surface area contributed by atoms with Crippen LogP contribution in [0.3, 0.4) is 0 Å². The number of nitrogens with zero attached hydrogens (tertiary/aromatic N) is 1. The van der Waals surface area contributed by atoms with Crippen molar-refractivity contribution in [3.63, 3.8) is 0 Å². The topological polar surface area (TPSA) is 69.4 Å². The van der Waals surface area contributed by atoms with Crippen LogP contribution in [0.5, 0.6) is 11.6 Å². The molecule has 0 fully saturated rings. The third-order valence-corrected chi connectivity index (χ3v) is 3.32. The Kier molecular flexibility index (Phi) is 4.75. The first-order valence-corrected chi connectivity index (χ1v) is 6.93. The zero-order valence-electron chi connectivity index (χ0n) is 12.2. The minimum atomic E-state index is 0.409. The summed E-state index contributed by atoms with van der Waals surface area (Å²) in [6.45, 7) is 4.31. The summed E-state index contributed by atoms with van der Waals surface area (Å²) in [5, 5.41) is 3.84. The molecule has 112 valence electrons. The Bertz CT molecular complexity index is 647. The van der Waals surface area contributed by atoms with E-state index >= 15 is 0 Å². The summed E-state index contributed by atoms with van der Waals surface area (Å²) in [5.74, 6) is 1.67. The van der Waals surface area contributed by atoms with E-state index in [0.717, 1.165) is 11.3 Å². The van der Waals surface area contributed by atoms with Gasteiger partial charge in [0.25, 0.3) is 0 Å².